The van der Waals surface area contributed by atoms with Crippen molar-refractivity contribution in [3.05, 3.63) is 35.9 Å². The zero-order chi connectivity index (χ0) is 15.2. The van der Waals surface area contributed by atoms with Crippen LogP contribution in [-0.4, -0.2) is 29.3 Å². The number of nitrogens with zero attached hydrogens (tertiary/aromatic N) is 1. The van der Waals surface area contributed by atoms with Gasteiger partial charge in [-0.05, 0) is 10.9 Å². The molecule has 112 valence electrons. The van der Waals surface area contributed by atoms with Gasteiger partial charge in [-0.1, -0.05) is 24.3 Å². The lowest BCUT2D eigenvalue weighted by atomic mass is 9.95. The molecule has 21 heavy (non-hydrogen) atoms. The number of benzene rings is 2. The van der Waals surface area contributed by atoms with Gasteiger partial charge in [0.25, 0.3) is 0 Å². The van der Waals surface area contributed by atoms with E-state index in [9.17, 15) is 4.57 Å². The number of hydrogen-bond acceptors (Lipinski definition) is 3. The number of phosphoric acid groups is 1. The minimum atomic E-state index is -4.60. The number of fused-ring (bicyclic) bond motifs is 3. The fourth-order valence-corrected chi connectivity index (χ4v) is 3.60. The van der Waals surface area contributed by atoms with E-state index >= 15 is 0 Å². The molecular formula is C14H15ClNO4P. The summed E-state index contributed by atoms with van der Waals surface area (Å²) in [6.45, 7) is 0.780. The minimum Gasteiger partial charge on any atom is -0.404 e. The second-order valence-corrected chi connectivity index (χ2v) is 6.64. The van der Waals surface area contributed by atoms with Crippen molar-refractivity contribution < 1.29 is 18.9 Å². The summed E-state index contributed by atoms with van der Waals surface area (Å²) >= 11 is 6.07. The molecule has 2 aromatic carbocycles. The molecule has 1 heterocycles. The van der Waals surface area contributed by atoms with E-state index in [1.807, 2.05) is 30.1 Å². The molecule has 1 aliphatic rings. The van der Waals surface area contributed by atoms with E-state index in [1.165, 1.54) is 0 Å². The normalized spacial score (nSPS) is 18.1. The van der Waals surface area contributed by atoms with E-state index in [0.717, 1.165) is 23.2 Å². The van der Waals surface area contributed by atoms with E-state index in [0.29, 0.717) is 11.3 Å². The maximum Gasteiger partial charge on any atom is 0.524 e. The van der Waals surface area contributed by atoms with Crippen LogP contribution in [0.5, 0.6) is 5.75 Å². The van der Waals surface area contributed by atoms with E-state index in [4.69, 9.17) is 25.9 Å². The van der Waals surface area contributed by atoms with E-state index < -0.39 is 7.82 Å². The van der Waals surface area contributed by atoms with Crippen LogP contribution in [0.2, 0.25) is 0 Å². The SMILES string of the molecule is CN1C[C@@H](CCl)c2c1cc(OP(=O)(O)O)c1ccccc21. The van der Waals surface area contributed by atoms with Crippen molar-refractivity contribution in [2.24, 2.45) is 0 Å². The molecule has 1 atom stereocenters. The molecule has 5 nitrogen and oxygen atoms in total. The first-order chi connectivity index (χ1) is 9.90. The van der Waals surface area contributed by atoms with Crippen LogP contribution in [0.4, 0.5) is 5.69 Å². The summed E-state index contributed by atoms with van der Waals surface area (Å²) in [6.07, 6.45) is 0. The first-order valence-electron chi connectivity index (χ1n) is 6.48. The summed E-state index contributed by atoms with van der Waals surface area (Å²) in [5.41, 5.74) is 2.02. The van der Waals surface area contributed by atoms with Gasteiger partial charge in [0.05, 0.1) is 0 Å². The van der Waals surface area contributed by atoms with Crippen LogP contribution < -0.4 is 9.42 Å². The first kappa shape index (κ1) is 14.7. The van der Waals surface area contributed by atoms with Gasteiger partial charge < -0.3 is 9.42 Å². The number of rotatable bonds is 3. The second-order valence-electron chi connectivity index (χ2n) is 5.17. The second kappa shape index (κ2) is 5.18. The lowest BCUT2D eigenvalue weighted by molar-refractivity contribution is 0.284. The molecule has 7 heteroatoms. The van der Waals surface area contributed by atoms with Crippen LogP contribution in [0.25, 0.3) is 10.8 Å². The fraction of sp³-hybridized carbons (Fsp3) is 0.286. The van der Waals surface area contributed by atoms with Gasteiger partial charge in [0.1, 0.15) is 5.75 Å². The lowest BCUT2D eigenvalue weighted by Crippen LogP contribution is -2.15. The lowest BCUT2D eigenvalue weighted by Gasteiger charge is -2.16. The number of halogens is 1. The topological polar surface area (TPSA) is 70.0 Å². The molecule has 0 saturated carbocycles. The molecule has 3 rings (SSSR count). The van der Waals surface area contributed by atoms with Crippen molar-refractivity contribution >= 4 is 35.9 Å². The van der Waals surface area contributed by atoms with Crippen LogP contribution >= 0.6 is 19.4 Å². The average Bonchev–Trinajstić information content (AvgIpc) is 2.74. The number of hydrogen-bond donors (Lipinski definition) is 2. The van der Waals surface area contributed by atoms with Crippen molar-refractivity contribution in [1.82, 2.24) is 0 Å². The zero-order valence-corrected chi connectivity index (χ0v) is 13.0. The van der Waals surface area contributed by atoms with Crippen LogP contribution in [0.1, 0.15) is 11.5 Å². The summed E-state index contributed by atoms with van der Waals surface area (Å²) in [5.74, 6) is 0.889. The Morgan fingerprint density at radius 2 is 2.05 bits per heavy atom. The van der Waals surface area contributed by atoms with Gasteiger partial charge in [-0.15, -0.1) is 11.6 Å². The van der Waals surface area contributed by atoms with Crippen LogP contribution in [0.15, 0.2) is 30.3 Å². The molecule has 0 radical (unpaired) electrons. The summed E-state index contributed by atoms with van der Waals surface area (Å²) in [6, 6.07) is 9.12. The maximum absolute atomic E-state index is 11.2. The Kier molecular flexibility index (Phi) is 3.62. The van der Waals surface area contributed by atoms with E-state index in [-0.39, 0.29) is 11.7 Å². The fourth-order valence-electron chi connectivity index (χ4n) is 2.95. The molecule has 0 aliphatic carbocycles. The Bertz CT molecular complexity index is 745. The van der Waals surface area contributed by atoms with Crippen molar-refractivity contribution in [3.63, 3.8) is 0 Å². The predicted octanol–water partition coefficient (Wildman–Crippen LogP) is 3.08. The molecule has 0 amide bonds. The highest BCUT2D eigenvalue weighted by molar-refractivity contribution is 7.46. The van der Waals surface area contributed by atoms with Gasteiger partial charge in [0.2, 0.25) is 0 Å². The highest BCUT2D eigenvalue weighted by atomic mass is 35.5. The molecule has 2 aromatic rings. The van der Waals surface area contributed by atoms with Gasteiger partial charge in [0.15, 0.2) is 0 Å². The van der Waals surface area contributed by atoms with Gasteiger partial charge in [-0.2, -0.15) is 0 Å². The smallest absolute Gasteiger partial charge is 0.404 e. The molecule has 0 aromatic heterocycles. The number of likely N-dealkylation sites (N-methyl/N-ethyl adjacent to an activating group) is 1. The third kappa shape index (κ3) is 2.62. The molecule has 2 N–H and O–H groups in total. The molecule has 1 aliphatic heterocycles. The van der Waals surface area contributed by atoms with E-state index in [2.05, 4.69) is 0 Å². The maximum atomic E-state index is 11.2. The quantitative estimate of drug-likeness (QED) is 0.669. The van der Waals surface area contributed by atoms with Gasteiger partial charge >= 0.3 is 7.82 Å². The molecule has 0 bridgehead atoms. The van der Waals surface area contributed by atoms with Crippen LogP contribution in [-0.2, 0) is 4.57 Å². The first-order valence-corrected chi connectivity index (χ1v) is 8.55. The van der Waals surface area contributed by atoms with Crippen molar-refractivity contribution in [3.8, 4) is 5.75 Å². The van der Waals surface area contributed by atoms with Gasteiger partial charge in [-0.25, -0.2) is 4.57 Å². The highest BCUT2D eigenvalue weighted by Crippen LogP contribution is 2.48. The Morgan fingerprint density at radius 1 is 1.38 bits per heavy atom. The number of phosphoric ester groups is 1. The summed E-state index contributed by atoms with van der Waals surface area (Å²) in [5, 5.41) is 1.61. The summed E-state index contributed by atoms with van der Waals surface area (Å²) < 4.78 is 16.0. The minimum absolute atomic E-state index is 0.194. The monoisotopic (exact) mass is 327 g/mol. The number of alkyl halides is 1. The van der Waals surface area contributed by atoms with Crippen LogP contribution in [0.3, 0.4) is 0 Å². The third-order valence-corrected chi connectivity index (χ3v) is 4.55. The van der Waals surface area contributed by atoms with Gasteiger partial charge in [-0.3, -0.25) is 9.79 Å². The highest BCUT2D eigenvalue weighted by Gasteiger charge is 2.30. The van der Waals surface area contributed by atoms with Crippen molar-refractivity contribution in [1.29, 1.82) is 0 Å². The van der Waals surface area contributed by atoms with Crippen molar-refractivity contribution in [2.75, 3.05) is 24.4 Å². The molecule has 0 fully saturated rings. The Morgan fingerprint density at radius 3 is 2.67 bits per heavy atom. The zero-order valence-electron chi connectivity index (χ0n) is 11.4. The Balaban J connectivity index is 2.28. The largest absolute Gasteiger partial charge is 0.524 e. The van der Waals surface area contributed by atoms with Crippen LogP contribution in [0, 0.1) is 0 Å². The molecule has 0 saturated heterocycles. The van der Waals surface area contributed by atoms with E-state index in [1.54, 1.807) is 12.1 Å². The standard InChI is InChI=1S/C14H15ClNO4P/c1-16-8-9(7-15)14-11-5-3-2-4-10(11)13(6-12(14)16)20-21(17,18)19/h2-6,9H,7-8H2,1H3,(H2,17,18,19)/t9-/m1/s1. The average molecular weight is 328 g/mol. The molecular weight excluding hydrogens is 313 g/mol. The molecule has 0 unspecified atom stereocenters. The Hall–Kier alpha value is -1.26. The third-order valence-electron chi connectivity index (χ3n) is 3.74. The summed E-state index contributed by atoms with van der Waals surface area (Å²) in [7, 11) is -2.67. The molecule has 0 spiro atoms. The summed E-state index contributed by atoms with van der Waals surface area (Å²) in [4.78, 5) is 20.2. The van der Waals surface area contributed by atoms with Gasteiger partial charge in [0, 0.05) is 42.5 Å². The predicted molar refractivity (Wildman–Crippen MR) is 83.4 cm³/mol. The number of anilines is 1. The van der Waals surface area contributed by atoms with Crippen molar-refractivity contribution in [2.45, 2.75) is 5.92 Å². The Labute approximate surface area is 127 Å².